The maximum atomic E-state index is 12.9. The normalized spacial score (nSPS) is 15.1. The van der Waals surface area contributed by atoms with Crippen molar-refractivity contribution in [2.45, 2.75) is 25.8 Å². The first kappa shape index (κ1) is 20.1. The smallest absolute Gasteiger partial charge is 0.273 e. The minimum absolute atomic E-state index is 0.0528. The molecule has 4 rings (SSSR count). The second-order valence-corrected chi connectivity index (χ2v) is 7.47. The van der Waals surface area contributed by atoms with E-state index in [-0.39, 0.29) is 11.9 Å². The van der Waals surface area contributed by atoms with E-state index >= 15 is 0 Å². The highest BCUT2D eigenvalue weighted by molar-refractivity contribution is 5.93. The van der Waals surface area contributed by atoms with Crippen LogP contribution in [-0.4, -0.2) is 52.5 Å². The highest BCUT2D eigenvalue weighted by atomic mass is 16.5. The molecule has 0 radical (unpaired) electrons. The third-order valence-corrected chi connectivity index (χ3v) is 5.52. The number of para-hydroxylation sites is 2. The number of benzene rings is 2. The molecule has 0 aliphatic carbocycles. The van der Waals surface area contributed by atoms with Crippen LogP contribution in [0.4, 0.5) is 0 Å². The number of ether oxygens (including phenoxy) is 1. The van der Waals surface area contributed by atoms with Crippen LogP contribution in [0.2, 0.25) is 0 Å². The zero-order valence-electron chi connectivity index (χ0n) is 17.4. The summed E-state index contributed by atoms with van der Waals surface area (Å²) < 4.78 is 5.58. The number of amides is 1. The number of aryl methyl sites for hydroxylation is 1. The first-order valence-electron chi connectivity index (χ1n) is 10.3. The Kier molecular flexibility index (Phi) is 6.09. The average Bonchev–Trinajstić information content (AvgIpc) is 3.45. The summed E-state index contributed by atoms with van der Waals surface area (Å²) in [6, 6.07) is 17.7. The number of carbonyl (C=O) groups excluding carboxylic acids is 1. The van der Waals surface area contributed by atoms with Gasteiger partial charge >= 0.3 is 0 Å². The van der Waals surface area contributed by atoms with Crippen LogP contribution in [0.15, 0.2) is 54.6 Å². The van der Waals surface area contributed by atoms with Gasteiger partial charge in [0, 0.05) is 12.1 Å². The van der Waals surface area contributed by atoms with E-state index < -0.39 is 0 Å². The molecule has 30 heavy (non-hydrogen) atoms. The summed E-state index contributed by atoms with van der Waals surface area (Å²) >= 11 is 0. The van der Waals surface area contributed by atoms with Crippen LogP contribution in [-0.2, 0) is 0 Å². The molecule has 2 aromatic carbocycles. The van der Waals surface area contributed by atoms with Gasteiger partial charge in [0.25, 0.3) is 5.91 Å². The van der Waals surface area contributed by atoms with Crippen LogP contribution in [0.3, 0.4) is 0 Å². The monoisotopic (exact) mass is 405 g/mol. The Bertz CT molecular complexity index is 996. The van der Waals surface area contributed by atoms with E-state index in [0.29, 0.717) is 17.9 Å². The minimum Gasteiger partial charge on any atom is -0.496 e. The third-order valence-electron chi connectivity index (χ3n) is 5.52. The SMILES string of the molecule is COc1ccccc1[C@H](CNC(=O)c1nn(-c2ccccc2)nc1C)N1CCCC1. The molecule has 0 unspecified atom stereocenters. The van der Waals surface area contributed by atoms with Gasteiger partial charge in [-0.1, -0.05) is 36.4 Å². The van der Waals surface area contributed by atoms with Crippen molar-refractivity contribution in [3.63, 3.8) is 0 Å². The average molecular weight is 406 g/mol. The largest absolute Gasteiger partial charge is 0.496 e. The van der Waals surface area contributed by atoms with Crippen molar-refractivity contribution in [1.82, 2.24) is 25.2 Å². The quantitative estimate of drug-likeness (QED) is 0.654. The summed E-state index contributed by atoms with van der Waals surface area (Å²) in [4.78, 5) is 16.8. The molecule has 0 saturated carbocycles. The second-order valence-electron chi connectivity index (χ2n) is 7.47. The third kappa shape index (κ3) is 4.21. The lowest BCUT2D eigenvalue weighted by molar-refractivity contribution is 0.0931. The molecule has 1 aliphatic rings. The predicted molar refractivity (Wildman–Crippen MR) is 115 cm³/mol. The van der Waals surface area contributed by atoms with Crippen LogP contribution >= 0.6 is 0 Å². The Hall–Kier alpha value is -3.19. The maximum Gasteiger partial charge on any atom is 0.273 e. The van der Waals surface area contributed by atoms with Gasteiger partial charge in [-0.05, 0) is 51.1 Å². The standard InChI is InChI=1S/C23H27N5O2/c1-17-22(26-28(25-17)18-10-4-3-5-11-18)23(29)24-16-20(27-14-8-9-15-27)19-12-6-7-13-21(19)30-2/h3-7,10-13,20H,8-9,14-16H2,1-2H3,(H,24,29)/t20-/m0/s1. The minimum atomic E-state index is -0.214. The van der Waals surface area contributed by atoms with Gasteiger partial charge in [-0.15, -0.1) is 5.10 Å². The molecule has 0 bridgehead atoms. The van der Waals surface area contributed by atoms with Gasteiger partial charge in [0.2, 0.25) is 0 Å². The first-order valence-corrected chi connectivity index (χ1v) is 10.3. The summed E-state index contributed by atoms with van der Waals surface area (Å²) in [5.74, 6) is 0.628. The highest BCUT2D eigenvalue weighted by Crippen LogP contribution is 2.31. The molecule has 1 aromatic heterocycles. The van der Waals surface area contributed by atoms with Crippen LogP contribution in [0.1, 0.15) is 40.6 Å². The van der Waals surface area contributed by atoms with Crippen LogP contribution in [0.25, 0.3) is 5.69 Å². The number of methoxy groups -OCH3 is 1. The zero-order valence-corrected chi connectivity index (χ0v) is 17.4. The number of hydrogen-bond acceptors (Lipinski definition) is 5. The molecule has 2 heterocycles. The van der Waals surface area contributed by atoms with Gasteiger partial charge in [0.1, 0.15) is 5.75 Å². The van der Waals surface area contributed by atoms with E-state index in [2.05, 4.69) is 26.5 Å². The number of hydrogen-bond donors (Lipinski definition) is 1. The fraction of sp³-hybridized carbons (Fsp3) is 0.348. The fourth-order valence-corrected chi connectivity index (χ4v) is 3.97. The second kappa shape index (κ2) is 9.09. The Morgan fingerprint density at radius 2 is 1.77 bits per heavy atom. The molecule has 1 saturated heterocycles. The summed E-state index contributed by atoms with van der Waals surface area (Å²) in [5, 5.41) is 11.9. The van der Waals surface area contributed by atoms with Crippen molar-refractivity contribution in [3.8, 4) is 11.4 Å². The molecule has 1 amide bonds. The molecule has 7 nitrogen and oxygen atoms in total. The van der Waals surface area contributed by atoms with E-state index in [1.54, 1.807) is 14.0 Å². The van der Waals surface area contributed by atoms with E-state index in [9.17, 15) is 4.79 Å². The van der Waals surface area contributed by atoms with Crippen LogP contribution in [0, 0.1) is 6.92 Å². The van der Waals surface area contributed by atoms with Crippen molar-refractivity contribution < 1.29 is 9.53 Å². The molecule has 1 atom stereocenters. The van der Waals surface area contributed by atoms with E-state index in [0.717, 1.165) is 30.1 Å². The highest BCUT2D eigenvalue weighted by Gasteiger charge is 2.27. The topological polar surface area (TPSA) is 72.3 Å². The maximum absolute atomic E-state index is 12.9. The van der Waals surface area contributed by atoms with Gasteiger partial charge in [-0.2, -0.15) is 9.90 Å². The molecule has 1 aliphatic heterocycles. The lowest BCUT2D eigenvalue weighted by atomic mass is 10.0. The predicted octanol–water partition coefficient (Wildman–Crippen LogP) is 3.15. The van der Waals surface area contributed by atoms with Crippen molar-refractivity contribution in [2.75, 3.05) is 26.7 Å². The molecule has 3 aromatic rings. The number of aromatic nitrogens is 3. The lowest BCUT2D eigenvalue weighted by Crippen LogP contribution is -2.37. The summed E-state index contributed by atoms with van der Waals surface area (Å²) in [6.07, 6.45) is 2.34. The molecule has 1 fully saturated rings. The number of nitrogens with zero attached hydrogens (tertiary/aromatic N) is 4. The molecular formula is C23H27N5O2. The summed E-state index contributed by atoms with van der Waals surface area (Å²) in [5.41, 5.74) is 2.86. The van der Waals surface area contributed by atoms with Crippen molar-refractivity contribution in [1.29, 1.82) is 0 Å². The van der Waals surface area contributed by atoms with Crippen LogP contribution < -0.4 is 10.1 Å². The molecule has 1 N–H and O–H groups in total. The number of rotatable bonds is 7. The van der Waals surface area contributed by atoms with Gasteiger partial charge in [-0.25, -0.2) is 0 Å². The number of likely N-dealkylation sites (tertiary alicyclic amines) is 1. The van der Waals surface area contributed by atoms with Crippen molar-refractivity contribution in [3.05, 3.63) is 71.5 Å². The summed E-state index contributed by atoms with van der Waals surface area (Å²) in [7, 11) is 1.68. The summed E-state index contributed by atoms with van der Waals surface area (Å²) in [6.45, 7) is 4.32. The number of carbonyl (C=O) groups is 1. The first-order chi connectivity index (χ1) is 14.7. The Morgan fingerprint density at radius 1 is 1.07 bits per heavy atom. The fourth-order valence-electron chi connectivity index (χ4n) is 3.97. The van der Waals surface area contributed by atoms with Crippen molar-refractivity contribution >= 4 is 5.91 Å². The lowest BCUT2D eigenvalue weighted by Gasteiger charge is -2.29. The Labute approximate surface area is 176 Å². The van der Waals surface area contributed by atoms with E-state index in [4.69, 9.17) is 4.74 Å². The molecular weight excluding hydrogens is 378 g/mol. The molecule has 156 valence electrons. The molecule has 0 spiro atoms. The Balaban J connectivity index is 1.52. The number of nitrogens with one attached hydrogen (secondary N) is 1. The zero-order chi connectivity index (χ0) is 20.9. The molecule has 7 heteroatoms. The van der Waals surface area contributed by atoms with Gasteiger partial charge in [0.05, 0.1) is 24.5 Å². The van der Waals surface area contributed by atoms with Gasteiger partial charge in [-0.3, -0.25) is 9.69 Å². The van der Waals surface area contributed by atoms with E-state index in [1.807, 2.05) is 48.5 Å². The van der Waals surface area contributed by atoms with Gasteiger partial charge in [0.15, 0.2) is 5.69 Å². The van der Waals surface area contributed by atoms with E-state index in [1.165, 1.54) is 17.6 Å². The van der Waals surface area contributed by atoms with Gasteiger partial charge < -0.3 is 10.1 Å². The van der Waals surface area contributed by atoms with Crippen molar-refractivity contribution in [2.24, 2.45) is 0 Å². The Morgan fingerprint density at radius 3 is 2.50 bits per heavy atom. The van der Waals surface area contributed by atoms with Crippen LogP contribution in [0.5, 0.6) is 5.75 Å².